The SMILES string of the molecule is CN1C(=O)N(C)C2N=C(SCc3cccnc3)NC2C1=S. The van der Waals surface area contributed by atoms with Gasteiger partial charge in [0.15, 0.2) is 11.3 Å². The smallest absolute Gasteiger partial charge is 0.326 e. The topological polar surface area (TPSA) is 60.8 Å². The van der Waals surface area contributed by atoms with Gasteiger partial charge in [-0.3, -0.25) is 9.88 Å². The summed E-state index contributed by atoms with van der Waals surface area (Å²) in [6.07, 6.45) is 3.34. The molecule has 1 fully saturated rings. The van der Waals surface area contributed by atoms with Gasteiger partial charge in [0.1, 0.15) is 11.0 Å². The summed E-state index contributed by atoms with van der Waals surface area (Å²) in [6, 6.07) is 3.70. The highest BCUT2D eigenvalue weighted by Gasteiger charge is 2.44. The Labute approximate surface area is 132 Å². The maximum absolute atomic E-state index is 12.0. The average Bonchev–Trinajstić information content (AvgIpc) is 2.94. The van der Waals surface area contributed by atoms with E-state index in [-0.39, 0.29) is 18.2 Å². The Kier molecular flexibility index (Phi) is 3.81. The van der Waals surface area contributed by atoms with Crippen LogP contribution in [0.4, 0.5) is 4.79 Å². The van der Waals surface area contributed by atoms with Crippen LogP contribution < -0.4 is 5.32 Å². The van der Waals surface area contributed by atoms with Gasteiger partial charge in [-0.2, -0.15) is 0 Å². The van der Waals surface area contributed by atoms with Crippen LogP contribution in [0.2, 0.25) is 0 Å². The molecule has 1 N–H and O–H groups in total. The maximum Gasteiger partial charge on any atom is 0.326 e. The summed E-state index contributed by atoms with van der Waals surface area (Å²) in [5, 5.41) is 4.12. The van der Waals surface area contributed by atoms with Crippen LogP contribution in [0.3, 0.4) is 0 Å². The molecule has 0 saturated carbocycles. The molecule has 2 amide bonds. The third-order valence-electron chi connectivity index (χ3n) is 3.51. The van der Waals surface area contributed by atoms with Crippen LogP contribution in [0, 0.1) is 0 Å². The van der Waals surface area contributed by atoms with Gasteiger partial charge >= 0.3 is 6.03 Å². The van der Waals surface area contributed by atoms with Gasteiger partial charge in [0.05, 0.1) is 0 Å². The number of amides is 2. The molecular weight excluding hydrogens is 306 g/mol. The van der Waals surface area contributed by atoms with E-state index >= 15 is 0 Å². The summed E-state index contributed by atoms with van der Waals surface area (Å²) < 4.78 is 0. The van der Waals surface area contributed by atoms with Crippen molar-refractivity contribution in [1.29, 1.82) is 0 Å². The van der Waals surface area contributed by atoms with E-state index in [2.05, 4.69) is 15.3 Å². The Morgan fingerprint density at radius 2 is 2.29 bits per heavy atom. The molecule has 0 aromatic carbocycles. The number of carbonyl (C=O) groups excluding carboxylic acids is 1. The van der Waals surface area contributed by atoms with Crippen molar-refractivity contribution < 1.29 is 4.79 Å². The molecule has 0 bridgehead atoms. The van der Waals surface area contributed by atoms with E-state index in [0.717, 1.165) is 16.5 Å². The van der Waals surface area contributed by atoms with Crippen molar-refractivity contribution in [2.24, 2.45) is 4.99 Å². The summed E-state index contributed by atoms with van der Waals surface area (Å²) in [5.74, 6) is 0.777. The lowest BCUT2D eigenvalue weighted by Gasteiger charge is -2.38. The number of hydrogen-bond acceptors (Lipinski definition) is 6. The fraction of sp³-hybridized carbons (Fsp3) is 0.385. The molecule has 21 heavy (non-hydrogen) atoms. The number of aromatic nitrogens is 1. The van der Waals surface area contributed by atoms with Crippen LogP contribution in [0.15, 0.2) is 29.5 Å². The molecule has 2 aliphatic rings. The first-order valence-corrected chi connectivity index (χ1v) is 7.87. The Balaban J connectivity index is 1.70. The van der Waals surface area contributed by atoms with Gasteiger partial charge in [-0.25, -0.2) is 9.79 Å². The normalized spacial score (nSPS) is 24.8. The number of urea groups is 1. The molecule has 0 aliphatic carbocycles. The van der Waals surface area contributed by atoms with Crippen molar-refractivity contribution >= 4 is 40.2 Å². The summed E-state index contributed by atoms with van der Waals surface area (Å²) in [4.78, 5) is 24.4. The number of thiocarbonyl (C=S) groups is 1. The monoisotopic (exact) mass is 321 g/mol. The van der Waals surface area contributed by atoms with Crippen molar-refractivity contribution in [3.8, 4) is 0 Å². The molecule has 1 aromatic rings. The number of hydrogen-bond donors (Lipinski definition) is 1. The van der Waals surface area contributed by atoms with Gasteiger partial charge < -0.3 is 10.2 Å². The van der Waals surface area contributed by atoms with Crippen LogP contribution in [0.1, 0.15) is 5.56 Å². The highest BCUT2D eigenvalue weighted by molar-refractivity contribution is 8.13. The number of nitrogens with one attached hydrogen (secondary N) is 1. The molecule has 1 saturated heterocycles. The Bertz CT molecular complexity index is 606. The first-order chi connectivity index (χ1) is 10.1. The van der Waals surface area contributed by atoms with E-state index in [9.17, 15) is 4.79 Å². The van der Waals surface area contributed by atoms with E-state index < -0.39 is 0 Å². The fourth-order valence-corrected chi connectivity index (χ4v) is 3.43. The summed E-state index contributed by atoms with van der Waals surface area (Å²) in [6.45, 7) is 0. The molecule has 1 aromatic heterocycles. The second kappa shape index (κ2) is 5.61. The fourth-order valence-electron chi connectivity index (χ4n) is 2.31. The van der Waals surface area contributed by atoms with E-state index in [1.807, 2.05) is 18.3 Å². The summed E-state index contributed by atoms with van der Waals surface area (Å²) in [5.41, 5.74) is 1.13. The number of nitrogens with zero attached hydrogens (tertiary/aromatic N) is 4. The molecule has 3 heterocycles. The van der Waals surface area contributed by atoms with E-state index in [1.54, 1.807) is 37.0 Å². The Hall–Kier alpha value is -1.67. The van der Waals surface area contributed by atoms with Gasteiger partial charge in [-0.1, -0.05) is 30.0 Å². The lowest BCUT2D eigenvalue weighted by Crippen LogP contribution is -2.62. The zero-order chi connectivity index (χ0) is 15.0. The largest absolute Gasteiger partial charge is 0.352 e. The Morgan fingerprint density at radius 3 is 3.00 bits per heavy atom. The number of fused-ring (bicyclic) bond motifs is 1. The van der Waals surface area contributed by atoms with Crippen LogP contribution >= 0.6 is 24.0 Å². The lowest BCUT2D eigenvalue weighted by molar-refractivity contribution is 0.160. The van der Waals surface area contributed by atoms with Crippen LogP contribution in [0.5, 0.6) is 0 Å². The highest BCUT2D eigenvalue weighted by Crippen LogP contribution is 2.25. The first kappa shape index (κ1) is 14.3. The number of likely N-dealkylation sites (N-methyl/N-ethyl adjacent to an activating group) is 2. The number of rotatable bonds is 2. The van der Waals surface area contributed by atoms with Gasteiger partial charge in [0.2, 0.25) is 0 Å². The standard InChI is InChI=1S/C13H15N5OS2/c1-17-10-9(11(20)18(2)13(17)19)15-12(16-10)21-7-8-4-3-5-14-6-8/h3-6,9-10H,7H2,1-2H3,(H,15,16). The molecule has 110 valence electrons. The third-order valence-corrected chi connectivity index (χ3v) is 5.01. The minimum Gasteiger partial charge on any atom is -0.352 e. The predicted molar refractivity (Wildman–Crippen MR) is 87.2 cm³/mol. The molecule has 0 spiro atoms. The van der Waals surface area contributed by atoms with E-state index in [4.69, 9.17) is 12.2 Å². The van der Waals surface area contributed by atoms with E-state index in [1.165, 1.54) is 4.90 Å². The molecule has 0 radical (unpaired) electrons. The molecular formula is C13H15N5OS2. The minimum atomic E-state index is -0.252. The van der Waals surface area contributed by atoms with Crippen LogP contribution in [-0.2, 0) is 5.75 Å². The van der Waals surface area contributed by atoms with Crippen LogP contribution in [-0.4, -0.2) is 57.3 Å². The van der Waals surface area contributed by atoms with Crippen molar-refractivity contribution in [3.63, 3.8) is 0 Å². The van der Waals surface area contributed by atoms with Gasteiger partial charge in [-0.05, 0) is 11.6 Å². The zero-order valence-electron chi connectivity index (χ0n) is 11.7. The summed E-state index contributed by atoms with van der Waals surface area (Å²) >= 11 is 6.94. The van der Waals surface area contributed by atoms with Gasteiger partial charge in [0, 0.05) is 32.2 Å². The predicted octanol–water partition coefficient (Wildman–Crippen LogP) is 1.29. The zero-order valence-corrected chi connectivity index (χ0v) is 13.3. The van der Waals surface area contributed by atoms with Gasteiger partial charge in [0.25, 0.3) is 0 Å². The van der Waals surface area contributed by atoms with Crippen molar-refractivity contribution in [3.05, 3.63) is 30.1 Å². The first-order valence-electron chi connectivity index (χ1n) is 6.48. The molecule has 2 unspecified atom stereocenters. The molecule has 2 atom stereocenters. The van der Waals surface area contributed by atoms with Crippen molar-refractivity contribution in [2.75, 3.05) is 14.1 Å². The molecule has 2 aliphatic heterocycles. The maximum atomic E-state index is 12.0. The number of carbonyl (C=O) groups is 1. The number of pyridine rings is 1. The second-order valence-corrected chi connectivity index (χ2v) is 6.29. The Morgan fingerprint density at radius 1 is 1.48 bits per heavy atom. The third kappa shape index (κ3) is 2.60. The van der Waals surface area contributed by atoms with E-state index in [0.29, 0.717) is 4.99 Å². The minimum absolute atomic E-state index is 0.120. The molecule has 3 rings (SSSR count). The number of amidine groups is 1. The quantitative estimate of drug-likeness (QED) is 0.832. The van der Waals surface area contributed by atoms with Crippen LogP contribution in [0.25, 0.3) is 0 Å². The number of thioether (sulfide) groups is 1. The lowest BCUT2D eigenvalue weighted by atomic mass is 10.2. The second-order valence-electron chi connectivity index (χ2n) is 4.91. The molecule has 8 heteroatoms. The summed E-state index contributed by atoms with van der Waals surface area (Å²) in [7, 11) is 3.44. The highest BCUT2D eigenvalue weighted by atomic mass is 32.2. The average molecular weight is 321 g/mol. The molecule has 6 nitrogen and oxygen atoms in total. The van der Waals surface area contributed by atoms with Gasteiger partial charge in [-0.15, -0.1) is 0 Å². The number of aliphatic imine (C=N–C) groups is 1. The van der Waals surface area contributed by atoms with Crippen molar-refractivity contribution in [2.45, 2.75) is 18.0 Å². The van der Waals surface area contributed by atoms with Crippen molar-refractivity contribution in [1.82, 2.24) is 20.1 Å².